The van der Waals surface area contributed by atoms with Gasteiger partial charge in [-0.15, -0.1) is 0 Å². The van der Waals surface area contributed by atoms with Gasteiger partial charge in [0.25, 0.3) is 5.69 Å². The zero-order chi connectivity index (χ0) is 18.4. The van der Waals surface area contributed by atoms with E-state index in [0.717, 1.165) is 0 Å². The van der Waals surface area contributed by atoms with Crippen LogP contribution in [0.4, 0.5) is 10.1 Å². The summed E-state index contributed by atoms with van der Waals surface area (Å²) >= 11 is 5.79. The quantitative estimate of drug-likeness (QED) is 0.329. The summed E-state index contributed by atoms with van der Waals surface area (Å²) in [5, 5.41) is 8.72. The second kappa shape index (κ2) is 6.48. The van der Waals surface area contributed by atoms with E-state index in [9.17, 15) is 19.1 Å². The number of phosphoric ester groups is 1. The maximum Gasteiger partial charge on any atom is 0.530 e. The van der Waals surface area contributed by atoms with E-state index in [-0.39, 0.29) is 24.7 Å². The molecule has 0 spiro atoms. The van der Waals surface area contributed by atoms with Crippen molar-refractivity contribution in [1.29, 1.82) is 0 Å². The van der Waals surface area contributed by atoms with Gasteiger partial charge in [0.05, 0.1) is 24.2 Å². The molecule has 8 nitrogen and oxygen atoms in total. The second-order valence-electron chi connectivity index (χ2n) is 5.94. The first-order valence-corrected chi connectivity index (χ1v) is 9.35. The highest BCUT2D eigenvalue weighted by Crippen LogP contribution is 2.55. The molecule has 0 amide bonds. The Morgan fingerprint density at radius 2 is 2.24 bits per heavy atom. The fourth-order valence-corrected chi connectivity index (χ4v) is 4.10. The molecule has 0 bridgehead atoms. The van der Waals surface area contributed by atoms with Crippen molar-refractivity contribution < 1.29 is 32.2 Å². The highest BCUT2D eigenvalue weighted by Gasteiger charge is 2.53. The Kier molecular flexibility index (Phi) is 4.81. The molecule has 1 aromatic carbocycles. The monoisotopic (exact) mass is 395 g/mol. The summed E-state index contributed by atoms with van der Waals surface area (Å²) in [6, 6.07) is 3.82. The van der Waals surface area contributed by atoms with Crippen molar-refractivity contribution >= 4 is 25.1 Å². The number of rotatable bonds is 4. The van der Waals surface area contributed by atoms with Crippen LogP contribution in [0.2, 0.25) is 0 Å². The molecule has 1 unspecified atom stereocenters. The molecule has 2 heterocycles. The largest absolute Gasteiger partial charge is 0.530 e. The molecule has 0 aliphatic carbocycles. The van der Waals surface area contributed by atoms with E-state index in [0.29, 0.717) is 5.56 Å². The average Bonchev–Trinajstić information content (AvgIpc) is 2.75. The summed E-state index contributed by atoms with van der Waals surface area (Å²) in [5.41, 5.74) is 0.249. The topological polar surface area (TPSA) is 97.1 Å². The average molecular weight is 396 g/mol. The van der Waals surface area contributed by atoms with Gasteiger partial charge in [-0.3, -0.25) is 19.2 Å². The molecule has 0 saturated carbocycles. The van der Waals surface area contributed by atoms with E-state index in [4.69, 9.17) is 29.9 Å². The Bertz CT molecular complexity index is 746. The molecule has 0 aromatic heterocycles. The Morgan fingerprint density at radius 1 is 1.52 bits per heavy atom. The standard InChI is InChI=1S/C14H16ClFNO7P/c1-8-13(23-9(2)14(8,15)16)7-22-25(20)21-6-10-5-11(17(18)19)3-4-12(10)24-25/h3-5,8-9,13H,6-7H2,1-2H3/t8-,9+,13-,14-,25?/m1/s1. The van der Waals surface area contributed by atoms with Crippen molar-refractivity contribution in [1.82, 2.24) is 0 Å². The number of halogens is 2. The van der Waals surface area contributed by atoms with Crippen LogP contribution < -0.4 is 4.52 Å². The van der Waals surface area contributed by atoms with E-state index in [1.807, 2.05) is 0 Å². The minimum absolute atomic E-state index is 0.132. The lowest BCUT2D eigenvalue weighted by Gasteiger charge is -2.26. The highest BCUT2D eigenvalue weighted by molar-refractivity contribution is 7.49. The number of non-ortho nitro benzene ring substituents is 1. The highest BCUT2D eigenvalue weighted by atomic mass is 35.5. The minimum atomic E-state index is -3.94. The molecule has 3 rings (SSSR count). The molecule has 1 fully saturated rings. The molecule has 5 atom stereocenters. The number of nitrogens with zero attached hydrogens (tertiary/aromatic N) is 1. The molecule has 11 heteroatoms. The van der Waals surface area contributed by atoms with Crippen molar-refractivity contribution in [3.63, 3.8) is 0 Å². The predicted molar refractivity (Wildman–Crippen MR) is 85.3 cm³/mol. The third-order valence-electron chi connectivity index (χ3n) is 4.33. The van der Waals surface area contributed by atoms with Gasteiger partial charge in [0.2, 0.25) is 5.13 Å². The van der Waals surface area contributed by atoms with Crippen LogP contribution in [0.1, 0.15) is 19.4 Å². The first-order chi connectivity index (χ1) is 11.6. The summed E-state index contributed by atoms with van der Waals surface area (Å²) in [6.45, 7) is 2.66. The third-order valence-corrected chi connectivity index (χ3v) is 6.31. The SMILES string of the molecule is C[C@@H]1O[C@H](COP2(=O)OCc3cc([N+](=O)[O-])ccc3O2)[C@@H](C)[C@]1(F)Cl. The number of phosphoric acid groups is 1. The Hall–Kier alpha value is -1.25. The van der Waals surface area contributed by atoms with Crippen LogP contribution in [-0.2, 0) is 25.0 Å². The summed E-state index contributed by atoms with van der Waals surface area (Å²) in [7, 11) is -3.94. The van der Waals surface area contributed by atoms with Crippen LogP contribution in [0.5, 0.6) is 5.75 Å². The lowest BCUT2D eigenvalue weighted by atomic mass is 10.00. The predicted octanol–water partition coefficient (Wildman–Crippen LogP) is 3.96. The third kappa shape index (κ3) is 3.52. The first-order valence-electron chi connectivity index (χ1n) is 7.52. The van der Waals surface area contributed by atoms with E-state index in [2.05, 4.69) is 0 Å². The molecule has 0 N–H and O–H groups in total. The van der Waals surface area contributed by atoms with E-state index in [1.165, 1.54) is 25.1 Å². The normalized spacial score (nSPS) is 37.4. The number of ether oxygens (including phenoxy) is 1. The first kappa shape index (κ1) is 18.5. The van der Waals surface area contributed by atoms with Crippen LogP contribution in [0.3, 0.4) is 0 Å². The molecule has 138 valence electrons. The number of alkyl halides is 2. The fraction of sp³-hybridized carbons (Fsp3) is 0.571. The number of nitro benzene ring substituents is 1. The summed E-state index contributed by atoms with van der Waals surface area (Å²) in [4.78, 5) is 10.2. The molecule has 1 aromatic rings. The zero-order valence-corrected chi connectivity index (χ0v) is 15.0. The molecular weight excluding hydrogens is 380 g/mol. The minimum Gasteiger partial charge on any atom is -0.404 e. The summed E-state index contributed by atoms with van der Waals surface area (Å²) in [5.74, 6) is -0.512. The number of fused-ring (bicyclic) bond motifs is 1. The fourth-order valence-electron chi connectivity index (χ4n) is 2.68. The van der Waals surface area contributed by atoms with E-state index in [1.54, 1.807) is 6.92 Å². The summed E-state index contributed by atoms with van der Waals surface area (Å²) < 4.78 is 47.7. The zero-order valence-electron chi connectivity index (χ0n) is 13.4. The Labute approximate surface area is 147 Å². The van der Waals surface area contributed by atoms with Gasteiger partial charge in [-0.1, -0.05) is 18.5 Å². The molecule has 2 aliphatic heterocycles. The van der Waals surface area contributed by atoms with Gasteiger partial charge in [0.1, 0.15) is 11.9 Å². The van der Waals surface area contributed by atoms with Crippen molar-refractivity contribution in [3.05, 3.63) is 33.9 Å². The van der Waals surface area contributed by atoms with Gasteiger partial charge in [-0.25, -0.2) is 8.96 Å². The van der Waals surface area contributed by atoms with Crippen molar-refractivity contribution in [2.24, 2.45) is 5.92 Å². The molecule has 25 heavy (non-hydrogen) atoms. The van der Waals surface area contributed by atoms with Gasteiger partial charge in [0.15, 0.2) is 0 Å². The number of hydrogen-bond acceptors (Lipinski definition) is 7. The maximum absolute atomic E-state index is 14.2. The molecule has 2 aliphatic rings. The lowest BCUT2D eigenvalue weighted by Crippen LogP contribution is -2.31. The molecule has 1 saturated heterocycles. The van der Waals surface area contributed by atoms with Gasteiger partial charge < -0.3 is 9.26 Å². The van der Waals surface area contributed by atoms with Gasteiger partial charge in [0, 0.05) is 23.6 Å². The second-order valence-corrected chi connectivity index (χ2v) is 8.11. The Balaban J connectivity index is 1.67. The maximum atomic E-state index is 14.2. The van der Waals surface area contributed by atoms with Crippen LogP contribution in [0, 0.1) is 16.0 Å². The number of benzene rings is 1. The summed E-state index contributed by atoms with van der Waals surface area (Å²) in [6.07, 6.45) is -1.55. The smallest absolute Gasteiger partial charge is 0.404 e. The number of hydrogen-bond donors (Lipinski definition) is 0. The van der Waals surface area contributed by atoms with Crippen molar-refractivity contribution in [3.8, 4) is 5.75 Å². The lowest BCUT2D eigenvalue weighted by molar-refractivity contribution is -0.385. The molecule has 0 radical (unpaired) electrons. The Morgan fingerprint density at radius 3 is 2.84 bits per heavy atom. The van der Waals surface area contributed by atoms with Crippen molar-refractivity contribution in [2.45, 2.75) is 37.8 Å². The van der Waals surface area contributed by atoms with Crippen molar-refractivity contribution in [2.75, 3.05) is 6.61 Å². The van der Waals surface area contributed by atoms with Gasteiger partial charge in [-0.05, 0) is 13.0 Å². The van der Waals surface area contributed by atoms with Crippen LogP contribution in [-0.4, -0.2) is 28.9 Å². The van der Waals surface area contributed by atoms with Crippen LogP contribution in [0.15, 0.2) is 18.2 Å². The molecular formula is C14H16ClFNO7P. The number of nitro groups is 1. The van der Waals surface area contributed by atoms with Crippen LogP contribution >= 0.6 is 19.4 Å². The van der Waals surface area contributed by atoms with E-state index >= 15 is 0 Å². The van der Waals surface area contributed by atoms with E-state index < -0.39 is 36.0 Å². The van der Waals surface area contributed by atoms with Crippen LogP contribution in [0.25, 0.3) is 0 Å². The van der Waals surface area contributed by atoms with Gasteiger partial charge >= 0.3 is 7.82 Å². The van der Waals surface area contributed by atoms with Gasteiger partial charge in [-0.2, -0.15) is 0 Å².